The number of hydrazine groups is 2. The highest BCUT2D eigenvalue weighted by Crippen LogP contribution is 2.23. The van der Waals surface area contributed by atoms with Crippen LogP contribution in [0.5, 0.6) is 0 Å². The number of aryl methyl sites for hydroxylation is 1. The van der Waals surface area contributed by atoms with Crippen LogP contribution in [0.25, 0.3) is 0 Å². The van der Waals surface area contributed by atoms with E-state index in [2.05, 4.69) is 0 Å². The molecule has 8 heteroatoms. The van der Waals surface area contributed by atoms with Crippen molar-refractivity contribution in [3.63, 3.8) is 0 Å². The highest BCUT2D eigenvalue weighted by atomic mass is 16.6. The molecule has 0 aliphatic rings. The molecule has 16 heavy (non-hydrogen) atoms. The molecule has 0 saturated carbocycles. The molecule has 0 heterocycles. The Morgan fingerprint density at radius 2 is 2.19 bits per heavy atom. The molecule has 0 aliphatic heterocycles. The van der Waals surface area contributed by atoms with E-state index in [-0.39, 0.29) is 11.4 Å². The number of nitrogens with zero attached hydrogens (tertiary/aromatic N) is 2. The highest BCUT2D eigenvalue weighted by Gasteiger charge is 2.16. The van der Waals surface area contributed by atoms with Crippen LogP contribution in [0, 0.1) is 17.0 Å². The van der Waals surface area contributed by atoms with Crippen molar-refractivity contribution in [1.29, 1.82) is 0 Å². The van der Waals surface area contributed by atoms with Gasteiger partial charge in [-0.15, -0.1) is 0 Å². The van der Waals surface area contributed by atoms with Crippen LogP contribution in [-0.4, -0.2) is 11.0 Å². The highest BCUT2D eigenvalue weighted by molar-refractivity contribution is 5.90. The van der Waals surface area contributed by atoms with E-state index in [1.54, 1.807) is 6.92 Å². The number of benzene rings is 1. The molecule has 1 aromatic carbocycles. The first-order chi connectivity index (χ1) is 7.47. The SMILES string of the molecule is Cc1ccc(N(N)C(=O)NN)cc1[N+](=O)[O-]. The van der Waals surface area contributed by atoms with Gasteiger partial charge in [-0.2, -0.15) is 0 Å². The maximum Gasteiger partial charge on any atom is 0.350 e. The van der Waals surface area contributed by atoms with Gasteiger partial charge in [-0.3, -0.25) is 15.5 Å². The maximum absolute atomic E-state index is 11.1. The van der Waals surface area contributed by atoms with Gasteiger partial charge in [0.25, 0.3) is 5.69 Å². The van der Waals surface area contributed by atoms with Crippen molar-refractivity contribution in [1.82, 2.24) is 5.43 Å². The lowest BCUT2D eigenvalue weighted by atomic mass is 10.2. The number of carbonyl (C=O) groups is 1. The monoisotopic (exact) mass is 225 g/mol. The molecule has 2 amide bonds. The van der Waals surface area contributed by atoms with Gasteiger partial charge in [0.15, 0.2) is 0 Å². The zero-order valence-corrected chi connectivity index (χ0v) is 8.51. The summed E-state index contributed by atoms with van der Waals surface area (Å²) in [5.41, 5.74) is 2.37. The summed E-state index contributed by atoms with van der Waals surface area (Å²) >= 11 is 0. The summed E-state index contributed by atoms with van der Waals surface area (Å²) in [7, 11) is 0. The number of nitro groups is 1. The Kier molecular flexibility index (Phi) is 3.38. The molecule has 0 spiro atoms. The molecule has 8 nitrogen and oxygen atoms in total. The molecule has 0 atom stereocenters. The van der Waals surface area contributed by atoms with E-state index in [1.807, 2.05) is 5.43 Å². The second-order valence-corrected chi connectivity index (χ2v) is 3.05. The van der Waals surface area contributed by atoms with Crippen LogP contribution in [0.3, 0.4) is 0 Å². The van der Waals surface area contributed by atoms with Crippen LogP contribution in [0.2, 0.25) is 0 Å². The molecule has 0 fully saturated rings. The molecule has 1 rings (SSSR count). The Morgan fingerprint density at radius 1 is 1.56 bits per heavy atom. The zero-order valence-electron chi connectivity index (χ0n) is 8.51. The van der Waals surface area contributed by atoms with Gasteiger partial charge in [-0.05, 0) is 13.0 Å². The molecule has 0 aliphatic carbocycles. The Bertz CT molecular complexity index is 434. The first-order valence-electron chi connectivity index (χ1n) is 4.28. The third-order valence-corrected chi connectivity index (χ3v) is 2.01. The predicted octanol–water partition coefficient (Wildman–Crippen LogP) is 0.167. The number of amides is 2. The Balaban J connectivity index is 3.12. The standard InChI is InChI=1S/C8H11N5O3/c1-5-2-3-6(4-7(5)13(15)16)12(10)8(14)11-9/h2-4H,9-10H2,1H3,(H,11,14). The molecule has 0 aromatic heterocycles. The molecule has 0 radical (unpaired) electrons. The van der Waals surface area contributed by atoms with Crippen LogP contribution in [0.15, 0.2) is 18.2 Å². The second kappa shape index (κ2) is 4.55. The van der Waals surface area contributed by atoms with Crippen molar-refractivity contribution in [3.05, 3.63) is 33.9 Å². The average molecular weight is 225 g/mol. The van der Waals surface area contributed by atoms with Gasteiger partial charge in [0.1, 0.15) is 0 Å². The largest absolute Gasteiger partial charge is 0.350 e. The third-order valence-electron chi connectivity index (χ3n) is 2.01. The van der Waals surface area contributed by atoms with Crippen molar-refractivity contribution >= 4 is 17.4 Å². The Labute approximate surface area is 90.9 Å². The van der Waals surface area contributed by atoms with Crippen molar-refractivity contribution in [2.75, 3.05) is 5.01 Å². The van der Waals surface area contributed by atoms with Crippen molar-refractivity contribution in [2.24, 2.45) is 11.7 Å². The molecular formula is C8H11N5O3. The number of hydrogen-bond donors (Lipinski definition) is 3. The summed E-state index contributed by atoms with van der Waals surface area (Å²) in [6.45, 7) is 1.59. The number of nitrogens with two attached hydrogens (primary N) is 2. The first kappa shape index (κ1) is 11.9. The van der Waals surface area contributed by atoms with E-state index >= 15 is 0 Å². The summed E-state index contributed by atoms with van der Waals surface area (Å²) in [5.74, 6) is 10.3. The lowest BCUT2D eigenvalue weighted by Gasteiger charge is -2.15. The fourth-order valence-electron chi connectivity index (χ4n) is 1.13. The quantitative estimate of drug-likeness (QED) is 0.286. The number of rotatable bonds is 2. The van der Waals surface area contributed by atoms with Gasteiger partial charge in [0.2, 0.25) is 0 Å². The summed E-state index contributed by atoms with van der Waals surface area (Å²) in [6.07, 6.45) is 0. The van der Waals surface area contributed by atoms with Gasteiger partial charge < -0.3 is 0 Å². The number of nitrogens with one attached hydrogen (secondary N) is 1. The lowest BCUT2D eigenvalue weighted by Crippen LogP contribution is -2.47. The predicted molar refractivity (Wildman–Crippen MR) is 57.2 cm³/mol. The normalized spacial score (nSPS) is 9.69. The minimum atomic E-state index is -0.766. The summed E-state index contributed by atoms with van der Waals surface area (Å²) in [4.78, 5) is 21.2. The van der Waals surface area contributed by atoms with E-state index in [4.69, 9.17) is 11.7 Å². The van der Waals surface area contributed by atoms with E-state index in [1.165, 1.54) is 18.2 Å². The molecule has 86 valence electrons. The molecule has 0 saturated heterocycles. The molecule has 5 N–H and O–H groups in total. The number of hydrogen-bond acceptors (Lipinski definition) is 5. The van der Waals surface area contributed by atoms with Gasteiger partial charge in [0.05, 0.1) is 10.6 Å². The lowest BCUT2D eigenvalue weighted by molar-refractivity contribution is -0.385. The van der Waals surface area contributed by atoms with E-state index in [9.17, 15) is 14.9 Å². The first-order valence-corrected chi connectivity index (χ1v) is 4.28. The van der Waals surface area contributed by atoms with E-state index < -0.39 is 11.0 Å². The van der Waals surface area contributed by atoms with Crippen molar-refractivity contribution in [2.45, 2.75) is 6.92 Å². The smallest absolute Gasteiger partial charge is 0.274 e. The molecule has 0 bridgehead atoms. The zero-order chi connectivity index (χ0) is 12.3. The topological polar surface area (TPSA) is 128 Å². The Morgan fingerprint density at radius 3 is 2.69 bits per heavy atom. The number of carbonyl (C=O) groups excluding carboxylic acids is 1. The minimum Gasteiger partial charge on any atom is -0.274 e. The van der Waals surface area contributed by atoms with Crippen molar-refractivity contribution in [3.8, 4) is 0 Å². The maximum atomic E-state index is 11.1. The van der Waals surface area contributed by atoms with Gasteiger partial charge >= 0.3 is 6.03 Å². The van der Waals surface area contributed by atoms with Crippen LogP contribution >= 0.6 is 0 Å². The van der Waals surface area contributed by atoms with Crippen LogP contribution in [0.1, 0.15) is 5.56 Å². The third kappa shape index (κ3) is 2.24. The molecular weight excluding hydrogens is 214 g/mol. The fourth-order valence-corrected chi connectivity index (χ4v) is 1.13. The molecule has 1 aromatic rings. The fraction of sp³-hybridized carbons (Fsp3) is 0.125. The van der Waals surface area contributed by atoms with Crippen LogP contribution in [0.4, 0.5) is 16.2 Å². The number of nitro benzene ring substituents is 1. The van der Waals surface area contributed by atoms with Gasteiger partial charge in [0, 0.05) is 11.6 Å². The minimum absolute atomic E-state index is 0.113. The van der Waals surface area contributed by atoms with E-state index in [0.29, 0.717) is 10.6 Å². The van der Waals surface area contributed by atoms with Gasteiger partial charge in [-0.1, -0.05) is 6.07 Å². The number of urea groups is 1. The average Bonchev–Trinajstić information content (AvgIpc) is 2.27. The van der Waals surface area contributed by atoms with Crippen molar-refractivity contribution < 1.29 is 9.72 Å². The second-order valence-electron chi connectivity index (χ2n) is 3.05. The van der Waals surface area contributed by atoms with Crippen LogP contribution in [-0.2, 0) is 0 Å². The summed E-state index contributed by atoms with van der Waals surface area (Å²) < 4.78 is 0. The summed E-state index contributed by atoms with van der Waals surface area (Å²) in [5, 5.41) is 11.3. The van der Waals surface area contributed by atoms with E-state index in [0.717, 1.165) is 0 Å². The van der Waals surface area contributed by atoms with Crippen LogP contribution < -0.4 is 22.1 Å². The Hall–Kier alpha value is -2.19. The number of anilines is 1. The molecule has 0 unspecified atom stereocenters. The summed E-state index contributed by atoms with van der Waals surface area (Å²) in [6, 6.07) is 3.41. The van der Waals surface area contributed by atoms with Gasteiger partial charge in [-0.25, -0.2) is 21.5 Å².